The fourth-order valence-corrected chi connectivity index (χ4v) is 1.21. The first-order valence-electron chi connectivity index (χ1n) is 4.76. The summed E-state index contributed by atoms with van der Waals surface area (Å²) < 4.78 is 4.97. The number of hydrogen-bond acceptors (Lipinski definition) is 4. The van der Waals surface area contributed by atoms with Gasteiger partial charge in [0.1, 0.15) is 5.75 Å². The summed E-state index contributed by atoms with van der Waals surface area (Å²) in [5.74, 6) is -0.251. The van der Waals surface area contributed by atoms with Gasteiger partial charge in [0.05, 0.1) is 0 Å². The van der Waals surface area contributed by atoms with Gasteiger partial charge < -0.3 is 10.5 Å². The molecule has 0 saturated heterocycles. The Morgan fingerprint density at radius 2 is 2.19 bits per heavy atom. The molecule has 4 heteroatoms. The molecule has 0 aromatic heterocycles. The highest BCUT2D eigenvalue weighted by molar-refractivity contribution is 5.94. The second kappa shape index (κ2) is 5.23. The minimum Gasteiger partial charge on any atom is -0.423 e. The van der Waals surface area contributed by atoms with Crippen LogP contribution in [0.1, 0.15) is 22.8 Å². The molecule has 0 aliphatic rings. The van der Waals surface area contributed by atoms with Crippen molar-refractivity contribution in [3.8, 4) is 5.75 Å². The zero-order valence-corrected chi connectivity index (χ0v) is 9.03. The van der Waals surface area contributed by atoms with E-state index in [2.05, 4.69) is 6.58 Å². The van der Waals surface area contributed by atoms with Crippen LogP contribution < -0.4 is 10.5 Å². The molecule has 0 atom stereocenters. The predicted molar refractivity (Wildman–Crippen MR) is 60.2 cm³/mol. The molecule has 0 spiro atoms. The zero-order chi connectivity index (χ0) is 12.1. The van der Waals surface area contributed by atoms with Crippen LogP contribution in [0.5, 0.6) is 5.75 Å². The van der Waals surface area contributed by atoms with E-state index in [-0.39, 0.29) is 12.3 Å². The van der Waals surface area contributed by atoms with Crippen LogP contribution in [0.2, 0.25) is 0 Å². The highest BCUT2D eigenvalue weighted by atomic mass is 16.5. The third-order valence-electron chi connectivity index (χ3n) is 2.06. The topological polar surface area (TPSA) is 69.4 Å². The van der Waals surface area contributed by atoms with Crippen molar-refractivity contribution in [2.24, 2.45) is 5.73 Å². The number of nitrogens with two attached hydrogens (primary N) is 1. The van der Waals surface area contributed by atoms with Crippen molar-refractivity contribution in [3.05, 3.63) is 42.0 Å². The number of Topliss-reactive ketones (excluding diaryl/α,β-unsaturated/α-hetero) is 1. The minimum atomic E-state index is -0.551. The number of hydrogen-bond donors (Lipinski definition) is 1. The van der Waals surface area contributed by atoms with Gasteiger partial charge >= 0.3 is 5.97 Å². The molecule has 0 amide bonds. The largest absolute Gasteiger partial charge is 0.423 e. The van der Waals surface area contributed by atoms with E-state index in [0.29, 0.717) is 16.9 Å². The van der Waals surface area contributed by atoms with Gasteiger partial charge in [0, 0.05) is 23.7 Å². The van der Waals surface area contributed by atoms with Crippen LogP contribution in [-0.2, 0) is 11.3 Å². The molecule has 0 fully saturated rings. The lowest BCUT2D eigenvalue weighted by atomic mass is 10.1. The van der Waals surface area contributed by atoms with E-state index in [1.54, 1.807) is 18.2 Å². The number of esters is 1. The van der Waals surface area contributed by atoms with Crippen molar-refractivity contribution in [2.45, 2.75) is 13.5 Å². The molecule has 1 aromatic rings. The van der Waals surface area contributed by atoms with Crippen molar-refractivity contribution < 1.29 is 14.3 Å². The zero-order valence-electron chi connectivity index (χ0n) is 9.03. The molecule has 1 aromatic carbocycles. The van der Waals surface area contributed by atoms with E-state index in [0.717, 1.165) is 6.08 Å². The van der Waals surface area contributed by atoms with E-state index in [4.69, 9.17) is 10.5 Å². The lowest BCUT2D eigenvalue weighted by Crippen LogP contribution is -2.08. The van der Waals surface area contributed by atoms with E-state index >= 15 is 0 Å². The van der Waals surface area contributed by atoms with Gasteiger partial charge in [0.15, 0.2) is 5.78 Å². The first kappa shape index (κ1) is 12.1. The van der Waals surface area contributed by atoms with Gasteiger partial charge in [-0.15, -0.1) is 0 Å². The van der Waals surface area contributed by atoms with Crippen LogP contribution in [0.25, 0.3) is 0 Å². The van der Waals surface area contributed by atoms with Gasteiger partial charge in [-0.2, -0.15) is 0 Å². The number of carbonyl (C=O) groups excluding carboxylic acids is 2. The molecular formula is C12H13NO3. The Labute approximate surface area is 93.7 Å². The summed E-state index contributed by atoms with van der Waals surface area (Å²) in [5, 5.41) is 0. The summed E-state index contributed by atoms with van der Waals surface area (Å²) in [6.07, 6.45) is 1.07. The van der Waals surface area contributed by atoms with Gasteiger partial charge in [-0.05, 0) is 25.1 Å². The highest BCUT2D eigenvalue weighted by Gasteiger charge is 2.08. The fraction of sp³-hybridized carbons (Fsp3) is 0.167. The van der Waals surface area contributed by atoms with E-state index in [1.165, 1.54) is 6.92 Å². The maximum atomic E-state index is 11.1. The van der Waals surface area contributed by atoms with Crippen molar-refractivity contribution >= 4 is 11.8 Å². The standard InChI is InChI=1S/C12H13NO3/c1-3-12(15)16-11-5-4-9(8(2)14)6-10(11)7-13/h3-6H,1,7,13H2,2H3. The van der Waals surface area contributed by atoms with Gasteiger partial charge in [-0.1, -0.05) is 6.58 Å². The molecule has 16 heavy (non-hydrogen) atoms. The Balaban J connectivity index is 3.06. The van der Waals surface area contributed by atoms with Crippen LogP contribution in [0.4, 0.5) is 0 Å². The van der Waals surface area contributed by atoms with Crippen molar-refractivity contribution in [1.82, 2.24) is 0 Å². The van der Waals surface area contributed by atoms with Crippen LogP contribution in [0, 0.1) is 0 Å². The lowest BCUT2D eigenvalue weighted by molar-refractivity contribution is -0.129. The second-order valence-corrected chi connectivity index (χ2v) is 3.21. The number of benzene rings is 1. The average Bonchev–Trinajstić information content (AvgIpc) is 2.29. The van der Waals surface area contributed by atoms with Crippen molar-refractivity contribution in [2.75, 3.05) is 0 Å². The van der Waals surface area contributed by atoms with Crippen LogP contribution >= 0.6 is 0 Å². The van der Waals surface area contributed by atoms with Gasteiger partial charge in [0.2, 0.25) is 0 Å². The van der Waals surface area contributed by atoms with Crippen LogP contribution in [0.3, 0.4) is 0 Å². The normalized spacial score (nSPS) is 9.62. The smallest absolute Gasteiger partial charge is 0.335 e. The fourth-order valence-electron chi connectivity index (χ4n) is 1.21. The molecule has 2 N–H and O–H groups in total. The SMILES string of the molecule is C=CC(=O)Oc1ccc(C(C)=O)cc1CN. The molecule has 0 radical (unpaired) electrons. The quantitative estimate of drug-likeness (QED) is 0.360. The Kier molecular flexibility index (Phi) is 3.96. The molecule has 0 aliphatic heterocycles. The number of ether oxygens (including phenoxy) is 1. The van der Waals surface area contributed by atoms with Gasteiger partial charge in [-0.3, -0.25) is 4.79 Å². The van der Waals surface area contributed by atoms with E-state index in [9.17, 15) is 9.59 Å². The first-order chi connectivity index (χ1) is 7.58. The van der Waals surface area contributed by atoms with Gasteiger partial charge in [0.25, 0.3) is 0 Å². The van der Waals surface area contributed by atoms with Gasteiger partial charge in [-0.25, -0.2) is 4.79 Å². The maximum Gasteiger partial charge on any atom is 0.335 e. The first-order valence-corrected chi connectivity index (χ1v) is 4.76. The second-order valence-electron chi connectivity index (χ2n) is 3.21. The van der Waals surface area contributed by atoms with E-state index < -0.39 is 5.97 Å². The summed E-state index contributed by atoms with van der Waals surface area (Å²) in [5.41, 5.74) is 6.66. The highest BCUT2D eigenvalue weighted by Crippen LogP contribution is 2.20. The summed E-state index contributed by atoms with van der Waals surface area (Å²) in [4.78, 5) is 22.2. The molecular weight excluding hydrogens is 206 g/mol. The summed E-state index contributed by atoms with van der Waals surface area (Å²) in [7, 11) is 0. The molecule has 1 rings (SSSR count). The molecule has 4 nitrogen and oxygen atoms in total. The Hall–Kier alpha value is -1.94. The van der Waals surface area contributed by atoms with Crippen LogP contribution in [0.15, 0.2) is 30.9 Å². The predicted octanol–water partition coefficient (Wildman–Crippen LogP) is 1.44. The number of rotatable bonds is 4. The molecule has 0 aliphatic carbocycles. The summed E-state index contributed by atoms with van der Waals surface area (Å²) >= 11 is 0. The minimum absolute atomic E-state index is 0.0590. The maximum absolute atomic E-state index is 11.1. The monoisotopic (exact) mass is 219 g/mol. The Bertz CT molecular complexity index is 438. The molecule has 0 bridgehead atoms. The number of ketones is 1. The third-order valence-corrected chi connectivity index (χ3v) is 2.06. The molecule has 0 unspecified atom stereocenters. The molecule has 84 valence electrons. The van der Waals surface area contributed by atoms with E-state index in [1.807, 2.05) is 0 Å². The van der Waals surface area contributed by atoms with Crippen molar-refractivity contribution in [3.63, 3.8) is 0 Å². The molecule has 0 saturated carbocycles. The Morgan fingerprint density at radius 3 is 2.69 bits per heavy atom. The third kappa shape index (κ3) is 2.77. The number of carbonyl (C=O) groups is 2. The summed E-state index contributed by atoms with van der Waals surface area (Å²) in [6, 6.07) is 4.77. The summed E-state index contributed by atoms with van der Waals surface area (Å²) in [6.45, 7) is 4.96. The Morgan fingerprint density at radius 1 is 1.50 bits per heavy atom. The molecule has 0 heterocycles. The van der Waals surface area contributed by atoms with Crippen LogP contribution in [-0.4, -0.2) is 11.8 Å². The average molecular weight is 219 g/mol. The lowest BCUT2D eigenvalue weighted by Gasteiger charge is -2.08. The van der Waals surface area contributed by atoms with Crippen molar-refractivity contribution in [1.29, 1.82) is 0 Å².